The zero-order chi connectivity index (χ0) is 11.7. The van der Waals surface area contributed by atoms with Gasteiger partial charge >= 0.3 is 0 Å². The van der Waals surface area contributed by atoms with Gasteiger partial charge in [-0.3, -0.25) is 4.79 Å². The molecular formula is C10H13BrN4O. The summed E-state index contributed by atoms with van der Waals surface area (Å²) < 4.78 is 0.773. The first-order chi connectivity index (χ1) is 7.58. The fourth-order valence-electron chi connectivity index (χ4n) is 1.68. The van der Waals surface area contributed by atoms with Gasteiger partial charge in [0.25, 0.3) is 0 Å². The molecule has 6 heteroatoms. The van der Waals surface area contributed by atoms with E-state index in [1.54, 1.807) is 24.2 Å². The monoisotopic (exact) mass is 284 g/mol. The van der Waals surface area contributed by atoms with Crippen LogP contribution in [0.2, 0.25) is 0 Å². The minimum Gasteiger partial charge on any atom is -0.397 e. The van der Waals surface area contributed by atoms with E-state index in [0.29, 0.717) is 11.5 Å². The molecule has 0 saturated carbocycles. The number of anilines is 2. The fraction of sp³-hybridized carbons (Fsp3) is 0.400. The minimum atomic E-state index is -0.183. The molecule has 1 aromatic heterocycles. The van der Waals surface area contributed by atoms with Crippen LogP contribution < -0.4 is 11.1 Å². The molecule has 1 aliphatic heterocycles. The van der Waals surface area contributed by atoms with Crippen molar-refractivity contribution in [3.05, 3.63) is 16.7 Å². The number of carbonyl (C=O) groups excluding carboxylic acids is 1. The van der Waals surface area contributed by atoms with Crippen LogP contribution in [0.15, 0.2) is 16.7 Å². The Morgan fingerprint density at radius 1 is 1.69 bits per heavy atom. The topological polar surface area (TPSA) is 71.2 Å². The molecular weight excluding hydrogens is 272 g/mol. The number of nitrogens with one attached hydrogen (secondary N) is 1. The quantitative estimate of drug-likeness (QED) is 0.852. The molecule has 1 atom stereocenters. The number of likely N-dealkylation sites (N-methyl/N-ethyl adjacent to an activating group) is 1. The van der Waals surface area contributed by atoms with E-state index in [0.717, 1.165) is 17.4 Å². The zero-order valence-electron chi connectivity index (χ0n) is 8.90. The van der Waals surface area contributed by atoms with Crippen molar-refractivity contribution in [2.45, 2.75) is 12.5 Å². The largest absolute Gasteiger partial charge is 0.397 e. The first-order valence-corrected chi connectivity index (χ1v) is 5.80. The Labute approximate surface area is 102 Å². The lowest BCUT2D eigenvalue weighted by Gasteiger charge is -2.13. The minimum absolute atomic E-state index is 0.102. The maximum absolute atomic E-state index is 11.7. The normalized spacial score (nSPS) is 20.2. The molecule has 0 radical (unpaired) electrons. The third-order valence-corrected chi connectivity index (χ3v) is 3.21. The average molecular weight is 285 g/mol. The van der Waals surface area contributed by atoms with Crippen molar-refractivity contribution < 1.29 is 4.79 Å². The van der Waals surface area contributed by atoms with Crippen molar-refractivity contribution in [2.24, 2.45) is 0 Å². The first-order valence-electron chi connectivity index (χ1n) is 5.00. The highest BCUT2D eigenvalue weighted by Gasteiger charge is 2.29. The summed E-state index contributed by atoms with van der Waals surface area (Å²) >= 11 is 3.36. The van der Waals surface area contributed by atoms with E-state index >= 15 is 0 Å². The second-order valence-electron chi connectivity index (χ2n) is 3.84. The molecule has 86 valence electrons. The Kier molecular flexibility index (Phi) is 3.00. The molecule has 2 heterocycles. The SMILES string of the molecule is CN1CCC(Nc2ncc(N)cc2Br)C1=O. The van der Waals surface area contributed by atoms with Crippen LogP contribution in [-0.2, 0) is 4.79 Å². The van der Waals surface area contributed by atoms with Crippen LogP contribution in [-0.4, -0.2) is 35.4 Å². The Balaban J connectivity index is 2.12. The van der Waals surface area contributed by atoms with E-state index in [1.165, 1.54) is 0 Å². The van der Waals surface area contributed by atoms with Crippen LogP contribution in [0.25, 0.3) is 0 Å². The van der Waals surface area contributed by atoms with Crippen LogP contribution in [0, 0.1) is 0 Å². The number of amides is 1. The Hall–Kier alpha value is -1.30. The van der Waals surface area contributed by atoms with Crippen molar-refractivity contribution in [1.82, 2.24) is 9.88 Å². The van der Waals surface area contributed by atoms with Crippen LogP contribution in [0.3, 0.4) is 0 Å². The van der Waals surface area contributed by atoms with Gasteiger partial charge in [0.05, 0.1) is 16.4 Å². The van der Waals surface area contributed by atoms with E-state index < -0.39 is 0 Å². The third-order valence-electron chi connectivity index (χ3n) is 2.60. The number of nitrogens with zero attached hydrogens (tertiary/aromatic N) is 2. The van der Waals surface area contributed by atoms with Crippen molar-refractivity contribution in [3.8, 4) is 0 Å². The van der Waals surface area contributed by atoms with Gasteiger partial charge in [-0.05, 0) is 28.4 Å². The van der Waals surface area contributed by atoms with Crippen molar-refractivity contribution in [2.75, 3.05) is 24.6 Å². The molecule has 1 fully saturated rings. The number of hydrogen-bond acceptors (Lipinski definition) is 4. The molecule has 3 N–H and O–H groups in total. The molecule has 5 nitrogen and oxygen atoms in total. The van der Waals surface area contributed by atoms with E-state index in [-0.39, 0.29) is 11.9 Å². The van der Waals surface area contributed by atoms with Gasteiger partial charge < -0.3 is 16.0 Å². The zero-order valence-corrected chi connectivity index (χ0v) is 10.5. The molecule has 1 aliphatic rings. The first kappa shape index (κ1) is 11.2. The number of likely N-dealkylation sites (tertiary alicyclic amines) is 1. The van der Waals surface area contributed by atoms with Crippen LogP contribution in [0.1, 0.15) is 6.42 Å². The number of rotatable bonds is 2. The van der Waals surface area contributed by atoms with Crippen molar-refractivity contribution in [3.63, 3.8) is 0 Å². The average Bonchev–Trinajstić information content (AvgIpc) is 2.54. The summed E-state index contributed by atoms with van der Waals surface area (Å²) in [7, 11) is 1.80. The van der Waals surface area contributed by atoms with Gasteiger partial charge in [-0.25, -0.2) is 4.98 Å². The smallest absolute Gasteiger partial charge is 0.244 e. The fourth-order valence-corrected chi connectivity index (χ4v) is 2.16. The molecule has 1 aromatic rings. The van der Waals surface area contributed by atoms with E-state index in [1.807, 2.05) is 0 Å². The molecule has 0 spiro atoms. The number of aromatic nitrogens is 1. The number of nitrogens with two attached hydrogens (primary N) is 1. The molecule has 1 unspecified atom stereocenters. The highest BCUT2D eigenvalue weighted by Crippen LogP contribution is 2.24. The number of carbonyl (C=O) groups is 1. The maximum atomic E-state index is 11.7. The summed E-state index contributed by atoms with van der Waals surface area (Å²) in [5.74, 6) is 0.758. The molecule has 0 bridgehead atoms. The predicted molar refractivity (Wildman–Crippen MR) is 66.0 cm³/mol. The highest BCUT2D eigenvalue weighted by atomic mass is 79.9. The summed E-state index contributed by atoms with van der Waals surface area (Å²) in [5.41, 5.74) is 6.18. The molecule has 1 saturated heterocycles. The van der Waals surface area contributed by atoms with Gasteiger partial charge in [-0.15, -0.1) is 0 Å². The highest BCUT2D eigenvalue weighted by molar-refractivity contribution is 9.10. The number of halogens is 1. The number of nitrogen functional groups attached to an aromatic ring is 1. The second kappa shape index (κ2) is 4.29. The van der Waals surface area contributed by atoms with Gasteiger partial charge in [-0.2, -0.15) is 0 Å². The third kappa shape index (κ3) is 2.11. The predicted octanol–water partition coefficient (Wildman–Crippen LogP) is 1.07. The molecule has 1 amide bonds. The van der Waals surface area contributed by atoms with Crippen LogP contribution in [0.4, 0.5) is 11.5 Å². The standard InChI is InChI=1S/C10H13BrN4O/c1-15-3-2-8(10(15)16)14-9-7(11)4-6(12)5-13-9/h4-5,8H,2-3,12H2,1H3,(H,13,14). The van der Waals surface area contributed by atoms with Crippen LogP contribution in [0.5, 0.6) is 0 Å². The Morgan fingerprint density at radius 3 is 3.00 bits per heavy atom. The van der Waals surface area contributed by atoms with Crippen molar-refractivity contribution in [1.29, 1.82) is 0 Å². The van der Waals surface area contributed by atoms with Gasteiger partial charge in [0, 0.05) is 13.6 Å². The van der Waals surface area contributed by atoms with E-state index in [9.17, 15) is 4.79 Å². The van der Waals surface area contributed by atoms with Gasteiger partial charge in [0.1, 0.15) is 11.9 Å². The molecule has 0 aliphatic carbocycles. The lowest BCUT2D eigenvalue weighted by Crippen LogP contribution is -2.31. The van der Waals surface area contributed by atoms with E-state index in [2.05, 4.69) is 26.2 Å². The summed E-state index contributed by atoms with van der Waals surface area (Å²) in [6.45, 7) is 0.781. The summed E-state index contributed by atoms with van der Waals surface area (Å²) in [6, 6.07) is 1.58. The Morgan fingerprint density at radius 2 is 2.44 bits per heavy atom. The summed E-state index contributed by atoms with van der Waals surface area (Å²) in [6.07, 6.45) is 2.37. The summed E-state index contributed by atoms with van der Waals surface area (Å²) in [4.78, 5) is 17.5. The number of hydrogen-bond donors (Lipinski definition) is 2. The lowest BCUT2D eigenvalue weighted by molar-refractivity contribution is -0.127. The molecule has 16 heavy (non-hydrogen) atoms. The second-order valence-corrected chi connectivity index (χ2v) is 4.70. The van der Waals surface area contributed by atoms with Gasteiger partial charge in [-0.1, -0.05) is 0 Å². The van der Waals surface area contributed by atoms with Crippen LogP contribution >= 0.6 is 15.9 Å². The van der Waals surface area contributed by atoms with Gasteiger partial charge in [0.15, 0.2) is 0 Å². The summed E-state index contributed by atoms with van der Waals surface area (Å²) in [5, 5.41) is 3.11. The maximum Gasteiger partial charge on any atom is 0.244 e. The molecule has 2 rings (SSSR count). The lowest BCUT2D eigenvalue weighted by atomic mass is 10.2. The van der Waals surface area contributed by atoms with Gasteiger partial charge in [0.2, 0.25) is 5.91 Å². The number of pyridine rings is 1. The Bertz CT molecular complexity index is 423. The van der Waals surface area contributed by atoms with Crippen molar-refractivity contribution >= 4 is 33.3 Å². The van der Waals surface area contributed by atoms with E-state index in [4.69, 9.17) is 5.73 Å². The molecule has 0 aromatic carbocycles.